The van der Waals surface area contributed by atoms with Crippen LogP contribution in [-0.2, 0) is 26.5 Å². The first kappa shape index (κ1) is 23.3. The summed E-state index contributed by atoms with van der Waals surface area (Å²) in [6, 6.07) is 8.71. The summed E-state index contributed by atoms with van der Waals surface area (Å²) < 4.78 is 40.6. The topological polar surface area (TPSA) is 126 Å². The number of rotatable bonds is 6. The van der Waals surface area contributed by atoms with Gasteiger partial charge >= 0.3 is 11.9 Å². The Morgan fingerprint density at radius 3 is 2.19 bits per heavy atom. The molecule has 0 bridgehead atoms. The molecule has 32 heavy (non-hydrogen) atoms. The fraction of sp³-hybridized carbons (Fsp3) is 0.250. The highest BCUT2D eigenvalue weighted by Gasteiger charge is 2.34. The van der Waals surface area contributed by atoms with Gasteiger partial charge in [-0.15, -0.1) is 11.3 Å². The first-order chi connectivity index (χ1) is 15.0. The number of sulfonamides is 1. The van der Waals surface area contributed by atoms with Crippen LogP contribution in [0.3, 0.4) is 0 Å². The maximum atomic E-state index is 13.3. The van der Waals surface area contributed by atoms with Crippen molar-refractivity contribution in [2.24, 2.45) is 7.05 Å². The van der Waals surface area contributed by atoms with Crippen LogP contribution in [-0.4, -0.2) is 43.9 Å². The zero-order valence-electron chi connectivity index (χ0n) is 18.0. The summed E-state index contributed by atoms with van der Waals surface area (Å²) in [5, 5.41) is 0. The maximum Gasteiger partial charge on any atom is 0.348 e. The second-order valence-electron chi connectivity index (χ2n) is 6.74. The molecule has 0 atom stereocenters. The quantitative estimate of drug-likeness (QED) is 0.537. The third-order valence-electron chi connectivity index (χ3n) is 4.91. The van der Waals surface area contributed by atoms with Crippen molar-refractivity contribution in [1.82, 2.24) is 9.36 Å². The van der Waals surface area contributed by atoms with Crippen LogP contribution < -0.4 is 10.3 Å². The van der Waals surface area contributed by atoms with E-state index in [1.165, 1.54) is 16.3 Å². The van der Waals surface area contributed by atoms with Crippen molar-refractivity contribution >= 4 is 39.0 Å². The van der Waals surface area contributed by atoms with Crippen LogP contribution in [0.4, 0.5) is 5.69 Å². The number of esters is 2. The maximum absolute atomic E-state index is 13.3. The molecule has 0 fully saturated rings. The molecular formula is C20H21N3O7S2. The van der Waals surface area contributed by atoms with E-state index in [0.29, 0.717) is 22.7 Å². The third-order valence-corrected chi connectivity index (χ3v) is 8.05. The number of thiophene rings is 1. The normalized spacial score (nSPS) is 11.3. The van der Waals surface area contributed by atoms with E-state index in [9.17, 15) is 22.8 Å². The Morgan fingerprint density at radius 1 is 1.03 bits per heavy atom. The SMILES string of the molecule is COC(=O)c1sc(S(=O)(=O)Nc2c(C)n(C)n(-c3ccccc3)c2=O)c(C(=O)OC)c1C. The minimum Gasteiger partial charge on any atom is -0.465 e. The molecule has 1 aromatic carbocycles. The average Bonchev–Trinajstić information content (AvgIpc) is 3.23. The number of carbonyl (C=O) groups is 2. The van der Waals surface area contributed by atoms with Gasteiger partial charge in [0.1, 0.15) is 10.6 Å². The molecule has 0 saturated carbocycles. The number of nitrogens with zero attached hydrogens (tertiary/aromatic N) is 2. The molecule has 1 N–H and O–H groups in total. The van der Waals surface area contributed by atoms with Crippen LogP contribution >= 0.6 is 11.3 Å². The van der Waals surface area contributed by atoms with Gasteiger partial charge in [0.2, 0.25) is 0 Å². The largest absolute Gasteiger partial charge is 0.465 e. The number of aromatic nitrogens is 2. The molecule has 0 aliphatic rings. The summed E-state index contributed by atoms with van der Waals surface area (Å²) in [6.07, 6.45) is 0. The lowest BCUT2D eigenvalue weighted by molar-refractivity contribution is 0.0596. The number of para-hydroxylation sites is 1. The molecule has 12 heteroatoms. The fourth-order valence-electron chi connectivity index (χ4n) is 3.17. The summed E-state index contributed by atoms with van der Waals surface area (Å²) in [6.45, 7) is 3.00. The van der Waals surface area contributed by atoms with Gasteiger partial charge in [-0.1, -0.05) is 18.2 Å². The van der Waals surface area contributed by atoms with Crippen LogP contribution in [0.5, 0.6) is 0 Å². The Bertz CT molecular complexity index is 1370. The van der Waals surface area contributed by atoms with Crippen LogP contribution in [0.2, 0.25) is 0 Å². The molecule has 0 amide bonds. The fourth-order valence-corrected chi connectivity index (χ4v) is 6.03. The van der Waals surface area contributed by atoms with E-state index in [0.717, 1.165) is 14.2 Å². The van der Waals surface area contributed by atoms with Gasteiger partial charge in [0.15, 0.2) is 4.21 Å². The Hall–Kier alpha value is -3.38. The van der Waals surface area contributed by atoms with Gasteiger partial charge in [0.05, 0.1) is 31.2 Å². The highest BCUT2D eigenvalue weighted by molar-refractivity contribution is 7.94. The van der Waals surface area contributed by atoms with Crippen molar-refractivity contribution in [3.8, 4) is 5.69 Å². The molecule has 0 saturated heterocycles. The molecule has 0 radical (unpaired) electrons. The zero-order valence-corrected chi connectivity index (χ0v) is 19.6. The lowest BCUT2D eigenvalue weighted by Crippen LogP contribution is -2.23. The summed E-state index contributed by atoms with van der Waals surface area (Å²) in [5.41, 5.74) is -0.0612. The summed E-state index contributed by atoms with van der Waals surface area (Å²) >= 11 is 0.566. The molecule has 3 aromatic rings. The monoisotopic (exact) mass is 479 g/mol. The molecule has 0 unspecified atom stereocenters. The van der Waals surface area contributed by atoms with Crippen LogP contribution in [0.15, 0.2) is 39.3 Å². The van der Waals surface area contributed by atoms with Crippen molar-refractivity contribution in [3.05, 3.63) is 62.4 Å². The van der Waals surface area contributed by atoms with Crippen molar-refractivity contribution in [3.63, 3.8) is 0 Å². The highest BCUT2D eigenvalue weighted by Crippen LogP contribution is 2.34. The summed E-state index contributed by atoms with van der Waals surface area (Å²) in [5.74, 6) is -1.72. The molecule has 0 aliphatic carbocycles. The van der Waals surface area contributed by atoms with Gasteiger partial charge in [-0.25, -0.2) is 22.7 Å². The van der Waals surface area contributed by atoms with Gasteiger partial charge in [-0.05, 0) is 31.5 Å². The van der Waals surface area contributed by atoms with E-state index in [2.05, 4.69) is 9.46 Å². The van der Waals surface area contributed by atoms with E-state index in [1.807, 2.05) is 0 Å². The number of anilines is 1. The number of ether oxygens (including phenoxy) is 2. The molecule has 0 spiro atoms. The van der Waals surface area contributed by atoms with E-state index in [1.54, 1.807) is 44.3 Å². The average molecular weight is 480 g/mol. The second kappa shape index (κ2) is 8.63. The predicted octanol–water partition coefficient (Wildman–Crippen LogP) is 2.23. The molecule has 0 aliphatic heterocycles. The highest BCUT2D eigenvalue weighted by atomic mass is 32.2. The van der Waals surface area contributed by atoms with E-state index in [4.69, 9.17) is 4.74 Å². The molecule has 10 nitrogen and oxygen atoms in total. The molecule has 2 heterocycles. The molecular weight excluding hydrogens is 458 g/mol. The second-order valence-corrected chi connectivity index (χ2v) is 9.64. The molecule has 170 valence electrons. The van der Waals surface area contributed by atoms with Crippen molar-refractivity contribution in [2.75, 3.05) is 18.9 Å². The minimum atomic E-state index is -4.44. The standard InChI is InChI=1S/C20H21N3O7S2/c1-11-14(18(25)29-4)20(31-16(11)19(26)30-5)32(27,28)21-15-12(2)22(3)23(17(15)24)13-9-7-6-8-10-13/h6-10,21H,1-5H3. The van der Waals surface area contributed by atoms with Crippen molar-refractivity contribution < 1.29 is 27.5 Å². The Morgan fingerprint density at radius 2 is 1.62 bits per heavy atom. The van der Waals surface area contributed by atoms with Gasteiger partial charge in [-0.2, -0.15) is 0 Å². The van der Waals surface area contributed by atoms with Crippen molar-refractivity contribution in [1.29, 1.82) is 0 Å². The lowest BCUT2D eigenvalue weighted by Gasteiger charge is -2.08. The van der Waals surface area contributed by atoms with E-state index >= 15 is 0 Å². The lowest BCUT2D eigenvalue weighted by atomic mass is 10.2. The van der Waals surface area contributed by atoms with E-state index in [-0.39, 0.29) is 21.7 Å². The summed E-state index contributed by atoms with van der Waals surface area (Å²) in [4.78, 5) is 37.4. The van der Waals surface area contributed by atoms with Gasteiger partial charge in [0, 0.05) is 7.05 Å². The first-order valence-corrected chi connectivity index (χ1v) is 11.5. The van der Waals surface area contributed by atoms with Gasteiger partial charge < -0.3 is 9.47 Å². The van der Waals surface area contributed by atoms with Crippen LogP contribution in [0.25, 0.3) is 5.69 Å². The Balaban J connectivity index is 2.17. The van der Waals surface area contributed by atoms with Crippen LogP contribution in [0.1, 0.15) is 31.3 Å². The third kappa shape index (κ3) is 3.82. The number of hydrogen-bond acceptors (Lipinski definition) is 8. The molecule has 2 aromatic heterocycles. The Labute approximate surface area is 188 Å². The number of nitrogens with one attached hydrogen (secondary N) is 1. The molecule has 3 rings (SSSR count). The smallest absolute Gasteiger partial charge is 0.348 e. The first-order valence-electron chi connectivity index (χ1n) is 9.22. The number of methoxy groups -OCH3 is 2. The number of benzene rings is 1. The zero-order chi connectivity index (χ0) is 23.8. The minimum absolute atomic E-state index is 0.0558. The Kier molecular flexibility index (Phi) is 6.28. The van der Waals surface area contributed by atoms with E-state index < -0.39 is 31.7 Å². The number of hydrogen-bond donors (Lipinski definition) is 1. The van der Waals surface area contributed by atoms with Gasteiger partial charge in [-0.3, -0.25) is 14.2 Å². The van der Waals surface area contributed by atoms with Crippen molar-refractivity contribution in [2.45, 2.75) is 18.1 Å². The van der Waals surface area contributed by atoms with Gasteiger partial charge in [0.25, 0.3) is 15.6 Å². The van der Waals surface area contributed by atoms with Crippen LogP contribution in [0, 0.1) is 13.8 Å². The number of carbonyl (C=O) groups excluding carboxylic acids is 2. The predicted molar refractivity (Wildman–Crippen MR) is 118 cm³/mol. The summed E-state index contributed by atoms with van der Waals surface area (Å²) in [7, 11) is -0.581.